The molecular formula is C13H11FN2O3. The molecule has 0 saturated heterocycles. The number of aromatic amines is 1. The van der Waals surface area contributed by atoms with Crippen LogP contribution in [0.3, 0.4) is 0 Å². The summed E-state index contributed by atoms with van der Waals surface area (Å²) in [6, 6.07) is 6.01. The molecular weight excluding hydrogens is 251 g/mol. The molecule has 3 rings (SSSR count). The fourth-order valence-corrected chi connectivity index (χ4v) is 2.24. The second kappa shape index (κ2) is 4.47. The molecule has 0 spiro atoms. The first-order valence-corrected chi connectivity index (χ1v) is 5.81. The molecule has 0 bridgehead atoms. The predicted molar refractivity (Wildman–Crippen MR) is 63.2 cm³/mol. The maximum absolute atomic E-state index is 12.9. The topological polar surface area (TPSA) is 75.2 Å². The van der Waals surface area contributed by atoms with Gasteiger partial charge in [-0.1, -0.05) is 12.1 Å². The minimum Gasteiger partial charge on any atom is -0.476 e. The van der Waals surface area contributed by atoms with Crippen LogP contribution in [-0.2, 0) is 17.8 Å². The van der Waals surface area contributed by atoms with Crippen LogP contribution >= 0.6 is 0 Å². The predicted octanol–water partition coefficient (Wildman–Crippen LogP) is 2.06. The average Bonchev–Trinajstić information content (AvgIpc) is 2.82. The summed E-state index contributed by atoms with van der Waals surface area (Å²) in [5.74, 6) is -1.37. The van der Waals surface area contributed by atoms with Crippen LogP contribution in [0.2, 0.25) is 0 Å². The second-order valence-corrected chi connectivity index (χ2v) is 4.39. The zero-order valence-electron chi connectivity index (χ0n) is 9.89. The average molecular weight is 262 g/mol. The maximum Gasteiger partial charge on any atom is 0.356 e. The molecule has 1 aliphatic rings. The van der Waals surface area contributed by atoms with Gasteiger partial charge in [0.15, 0.2) is 5.69 Å². The number of ether oxygens (including phenoxy) is 1. The highest BCUT2D eigenvalue weighted by Crippen LogP contribution is 2.31. The molecule has 5 nitrogen and oxygen atoms in total. The van der Waals surface area contributed by atoms with Crippen LogP contribution in [0, 0.1) is 5.82 Å². The number of carboxylic acid groups (broad SMARTS) is 1. The molecule has 2 heterocycles. The number of carboxylic acids is 1. The van der Waals surface area contributed by atoms with Crippen molar-refractivity contribution in [3.63, 3.8) is 0 Å². The third kappa shape index (κ3) is 2.10. The Bertz CT molecular complexity index is 621. The van der Waals surface area contributed by atoms with Gasteiger partial charge in [0.1, 0.15) is 5.82 Å². The number of benzene rings is 1. The van der Waals surface area contributed by atoms with E-state index in [1.54, 1.807) is 12.1 Å². The Balaban J connectivity index is 1.90. The lowest BCUT2D eigenvalue weighted by Gasteiger charge is -2.23. The highest BCUT2D eigenvalue weighted by molar-refractivity contribution is 5.87. The Labute approximate surface area is 108 Å². The second-order valence-electron chi connectivity index (χ2n) is 4.39. The van der Waals surface area contributed by atoms with E-state index >= 15 is 0 Å². The summed E-state index contributed by atoms with van der Waals surface area (Å²) < 4.78 is 18.5. The van der Waals surface area contributed by atoms with Crippen LogP contribution in [0.4, 0.5) is 4.39 Å². The van der Waals surface area contributed by atoms with Crippen LogP contribution in [0.1, 0.15) is 33.4 Å². The lowest BCUT2D eigenvalue weighted by molar-refractivity contribution is 0.0252. The van der Waals surface area contributed by atoms with E-state index in [0.717, 1.165) is 5.56 Å². The molecule has 0 radical (unpaired) electrons. The molecule has 0 saturated carbocycles. The van der Waals surface area contributed by atoms with Gasteiger partial charge in [-0.05, 0) is 17.7 Å². The van der Waals surface area contributed by atoms with Gasteiger partial charge < -0.3 is 9.84 Å². The number of rotatable bonds is 2. The molecule has 98 valence electrons. The van der Waals surface area contributed by atoms with E-state index in [-0.39, 0.29) is 24.2 Å². The lowest BCUT2D eigenvalue weighted by atomic mass is 9.97. The van der Waals surface area contributed by atoms with E-state index in [2.05, 4.69) is 10.2 Å². The van der Waals surface area contributed by atoms with Gasteiger partial charge in [-0.15, -0.1) is 0 Å². The highest BCUT2D eigenvalue weighted by atomic mass is 19.1. The number of aromatic nitrogens is 2. The van der Waals surface area contributed by atoms with Crippen LogP contribution in [0.15, 0.2) is 24.3 Å². The van der Waals surface area contributed by atoms with Crippen molar-refractivity contribution >= 4 is 5.97 Å². The molecule has 0 amide bonds. The smallest absolute Gasteiger partial charge is 0.356 e. The van der Waals surface area contributed by atoms with E-state index in [9.17, 15) is 9.18 Å². The van der Waals surface area contributed by atoms with Crippen molar-refractivity contribution < 1.29 is 19.0 Å². The number of hydrogen-bond acceptors (Lipinski definition) is 3. The van der Waals surface area contributed by atoms with Crippen LogP contribution in [0.5, 0.6) is 0 Å². The first kappa shape index (κ1) is 11.9. The number of halogens is 1. The molecule has 1 aromatic carbocycles. The molecule has 1 atom stereocenters. The minimum atomic E-state index is -1.06. The molecule has 2 aromatic rings. The quantitative estimate of drug-likeness (QED) is 0.868. The largest absolute Gasteiger partial charge is 0.476 e. The van der Waals surface area contributed by atoms with Gasteiger partial charge in [-0.25, -0.2) is 9.18 Å². The van der Waals surface area contributed by atoms with Crippen molar-refractivity contribution in [2.24, 2.45) is 0 Å². The number of hydrogen-bond donors (Lipinski definition) is 2. The number of nitrogens with zero attached hydrogens (tertiary/aromatic N) is 1. The SMILES string of the molecule is O=C(O)c1n[nH]c2c1CC(c1ccc(F)cc1)OC2. The zero-order chi connectivity index (χ0) is 13.4. The number of carbonyl (C=O) groups is 1. The van der Waals surface area contributed by atoms with Gasteiger partial charge in [0.05, 0.1) is 18.4 Å². The molecule has 1 aromatic heterocycles. The zero-order valence-corrected chi connectivity index (χ0v) is 9.89. The van der Waals surface area contributed by atoms with Crippen molar-refractivity contribution in [2.45, 2.75) is 19.1 Å². The van der Waals surface area contributed by atoms with Crippen LogP contribution in [0.25, 0.3) is 0 Å². The first-order valence-electron chi connectivity index (χ1n) is 5.81. The van der Waals surface area contributed by atoms with E-state index in [1.165, 1.54) is 12.1 Å². The van der Waals surface area contributed by atoms with Crippen molar-refractivity contribution in [1.82, 2.24) is 10.2 Å². The Hall–Kier alpha value is -2.21. The van der Waals surface area contributed by atoms with Gasteiger partial charge in [-0.2, -0.15) is 5.10 Å². The van der Waals surface area contributed by atoms with Gasteiger partial charge in [-0.3, -0.25) is 5.10 Å². The molecule has 2 N–H and O–H groups in total. The first-order chi connectivity index (χ1) is 9.15. The summed E-state index contributed by atoms with van der Waals surface area (Å²) in [6.07, 6.45) is 0.142. The van der Waals surface area contributed by atoms with E-state index in [0.29, 0.717) is 17.7 Å². The summed E-state index contributed by atoms with van der Waals surface area (Å²) in [4.78, 5) is 11.0. The van der Waals surface area contributed by atoms with Crippen molar-refractivity contribution in [3.8, 4) is 0 Å². The number of H-pyrrole nitrogens is 1. The molecule has 0 fully saturated rings. The standard InChI is InChI=1S/C13H11FN2O3/c14-8-3-1-7(2-4-8)11-5-9-10(6-19-11)15-16-12(9)13(17)18/h1-4,11H,5-6H2,(H,15,16)(H,17,18). The van der Waals surface area contributed by atoms with Crippen LogP contribution in [-0.4, -0.2) is 21.3 Å². The Kier molecular flexibility index (Phi) is 2.79. The van der Waals surface area contributed by atoms with Crippen molar-refractivity contribution in [3.05, 3.63) is 52.6 Å². The van der Waals surface area contributed by atoms with Crippen molar-refractivity contribution in [2.75, 3.05) is 0 Å². The molecule has 6 heteroatoms. The third-order valence-corrected chi connectivity index (χ3v) is 3.22. The Morgan fingerprint density at radius 1 is 1.42 bits per heavy atom. The molecule has 1 unspecified atom stereocenters. The van der Waals surface area contributed by atoms with E-state index < -0.39 is 5.97 Å². The molecule has 0 aliphatic carbocycles. The monoisotopic (exact) mass is 262 g/mol. The van der Waals surface area contributed by atoms with E-state index in [4.69, 9.17) is 9.84 Å². The molecule has 1 aliphatic heterocycles. The fourth-order valence-electron chi connectivity index (χ4n) is 2.24. The number of fused-ring (bicyclic) bond motifs is 1. The summed E-state index contributed by atoms with van der Waals surface area (Å²) in [5, 5.41) is 15.5. The fraction of sp³-hybridized carbons (Fsp3) is 0.231. The third-order valence-electron chi connectivity index (χ3n) is 3.22. The summed E-state index contributed by atoms with van der Waals surface area (Å²) in [6.45, 7) is 0.275. The van der Waals surface area contributed by atoms with Gasteiger partial charge in [0, 0.05) is 12.0 Å². The minimum absolute atomic E-state index is 0.0328. The van der Waals surface area contributed by atoms with Crippen molar-refractivity contribution in [1.29, 1.82) is 0 Å². The number of nitrogens with one attached hydrogen (secondary N) is 1. The number of aromatic carboxylic acids is 1. The highest BCUT2D eigenvalue weighted by Gasteiger charge is 2.27. The Morgan fingerprint density at radius 3 is 2.84 bits per heavy atom. The van der Waals surface area contributed by atoms with Crippen LogP contribution < -0.4 is 0 Å². The van der Waals surface area contributed by atoms with Gasteiger partial charge >= 0.3 is 5.97 Å². The summed E-state index contributed by atoms with van der Waals surface area (Å²) >= 11 is 0. The molecule has 19 heavy (non-hydrogen) atoms. The summed E-state index contributed by atoms with van der Waals surface area (Å²) in [5.41, 5.74) is 2.21. The van der Waals surface area contributed by atoms with Gasteiger partial charge in [0.2, 0.25) is 0 Å². The lowest BCUT2D eigenvalue weighted by Crippen LogP contribution is -2.16. The maximum atomic E-state index is 12.9. The van der Waals surface area contributed by atoms with E-state index in [1.807, 2.05) is 0 Å². The normalized spacial score (nSPS) is 18.1. The van der Waals surface area contributed by atoms with Gasteiger partial charge in [0.25, 0.3) is 0 Å². The summed E-state index contributed by atoms with van der Waals surface area (Å²) in [7, 11) is 0. The Morgan fingerprint density at radius 2 is 2.16 bits per heavy atom.